The minimum atomic E-state index is -1.77. The molecule has 6 heteroatoms. The van der Waals surface area contributed by atoms with Crippen LogP contribution >= 0.6 is 11.8 Å². The summed E-state index contributed by atoms with van der Waals surface area (Å²) in [5.74, 6) is 0.554. The Hall–Kier alpha value is -0.460. The van der Waals surface area contributed by atoms with Crippen LogP contribution in [0, 0.1) is 0 Å². The van der Waals surface area contributed by atoms with Crippen molar-refractivity contribution in [2.24, 2.45) is 0 Å². The zero-order valence-corrected chi connectivity index (χ0v) is 7.17. The molecule has 1 unspecified atom stereocenters. The summed E-state index contributed by atoms with van der Waals surface area (Å²) in [4.78, 5) is 10.2. The van der Waals surface area contributed by atoms with Gasteiger partial charge in [-0.15, -0.1) is 0 Å². The van der Waals surface area contributed by atoms with E-state index in [0.29, 0.717) is 12.2 Å². The number of nitrogens with one attached hydrogen (secondary N) is 1. The Labute approximate surface area is 73.8 Å². The molecule has 0 spiro atoms. The van der Waals surface area contributed by atoms with Crippen LogP contribution < -0.4 is 5.32 Å². The molecule has 0 aromatic heterocycles. The number of carbonyl (C=O) groups is 1. The van der Waals surface area contributed by atoms with Crippen LogP contribution in [0.5, 0.6) is 0 Å². The summed E-state index contributed by atoms with van der Waals surface area (Å²) < 4.78 is 0. The topological polar surface area (TPSA) is 89.8 Å². The average molecular weight is 193 g/mol. The highest BCUT2D eigenvalue weighted by Gasteiger charge is 2.33. The summed E-state index contributed by atoms with van der Waals surface area (Å²) in [6.45, 7) is 0. The van der Waals surface area contributed by atoms with Crippen LogP contribution in [0.1, 0.15) is 12.8 Å². The fraction of sp³-hybridized carbons (Fsp3) is 0.833. The van der Waals surface area contributed by atoms with Gasteiger partial charge in [-0.25, -0.2) is 4.79 Å². The summed E-state index contributed by atoms with van der Waals surface area (Å²) in [7, 11) is 0. The summed E-state index contributed by atoms with van der Waals surface area (Å²) in [5, 5.41) is 27.1. The number of aliphatic hydroxyl groups is 2. The number of thioether (sulfide) groups is 1. The number of hydrogen-bond acceptors (Lipinski definition) is 4. The highest BCUT2D eigenvalue weighted by atomic mass is 32.2. The third kappa shape index (κ3) is 2.88. The minimum absolute atomic E-state index is 0.0456. The molecule has 0 aliphatic carbocycles. The van der Waals surface area contributed by atoms with Gasteiger partial charge in [0.05, 0.1) is 0 Å². The molecule has 1 atom stereocenters. The molecule has 0 bridgehead atoms. The Morgan fingerprint density at radius 2 is 2.25 bits per heavy atom. The van der Waals surface area contributed by atoms with Crippen molar-refractivity contribution in [3.63, 3.8) is 0 Å². The number of rotatable bonds is 1. The van der Waals surface area contributed by atoms with E-state index in [4.69, 9.17) is 15.3 Å². The second-order valence-electron chi connectivity index (χ2n) is 2.73. The van der Waals surface area contributed by atoms with Crippen molar-refractivity contribution in [1.82, 2.24) is 5.32 Å². The molecule has 12 heavy (non-hydrogen) atoms. The standard InChI is InChI=1S/C6H11NO4S/c8-5(9)7-4-1-2-12-6(10,11)3-4/h4,7,10-11H,1-3H2,(H,8,9). The van der Waals surface area contributed by atoms with Crippen LogP contribution in [0.25, 0.3) is 0 Å². The first kappa shape index (κ1) is 9.63. The predicted octanol–water partition coefficient (Wildman–Crippen LogP) is -0.212. The normalized spacial score (nSPS) is 28.0. The van der Waals surface area contributed by atoms with Gasteiger partial charge in [-0.2, -0.15) is 0 Å². The molecule has 0 aromatic rings. The maximum atomic E-state index is 10.2. The molecule has 1 heterocycles. The maximum Gasteiger partial charge on any atom is 0.404 e. The van der Waals surface area contributed by atoms with E-state index >= 15 is 0 Å². The SMILES string of the molecule is O=C(O)NC1CCSC(O)(O)C1. The van der Waals surface area contributed by atoms with Crippen LogP contribution in [0.15, 0.2) is 0 Å². The molecule has 1 fully saturated rings. The highest BCUT2D eigenvalue weighted by Crippen LogP contribution is 2.31. The van der Waals surface area contributed by atoms with E-state index in [2.05, 4.69) is 5.32 Å². The first-order valence-electron chi connectivity index (χ1n) is 3.58. The molecular formula is C6H11NO4S. The van der Waals surface area contributed by atoms with Crippen molar-refractivity contribution in [2.75, 3.05) is 5.75 Å². The fourth-order valence-electron chi connectivity index (χ4n) is 1.14. The van der Waals surface area contributed by atoms with Gasteiger partial charge in [0, 0.05) is 18.2 Å². The van der Waals surface area contributed by atoms with Crippen LogP contribution in [0.3, 0.4) is 0 Å². The van der Waals surface area contributed by atoms with E-state index in [0.717, 1.165) is 11.8 Å². The van der Waals surface area contributed by atoms with E-state index in [1.165, 1.54) is 0 Å². The molecule has 0 aromatic carbocycles. The van der Waals surface area contributed by atoms with Crippen molar-refractivity contribution < 1.29 is 20.1 Å². The molecule has 1 saturated heterocycles. The monoisotopic (exact) mass is 193 g/mol. The quantitative estimate of drug-likeness (QED) is 0.433. The highest BCUT2D eigenvalue weighted by molar-refractivity contribution is 8.00. The van der Waals surface area contributed by atoms with E-state index in [9.17, 15) is 4.79 Å². The molecule has 4 N–H and O–H groups in total. The van der Waals surface area contributed by atoms with E-state index < -0.39 is 11.2 Å². The van der Waals surface area contributed by atoms with Crippen molar-refractivity contribution in [3.05, 3.63) is 0 Å². The molecule has 1 aliphatic rings. The summed E-state index contributed by atoms with van der Waals surface area (Å²) in [5.41, 5.74) is 0. The molecule has 1 aliphatic heterocycles. The second kappa shape index (κ2) is 3.51. The van der Waals surface area contributed by atoms with E-state index in [1.54, 1.807) is 0 Å². The Kier molecular flexibility index (Phi) is 2.81. The van der Waals surface area contributed by atoms with Gasteiger partial charge in [0.1, 0.15) is 0 Å². The van der Waals surface area contributed by atoms with Gasteiger partial charge < -0.3 is 20.6 Å². The number of carboxylic acid groups (broad SMARTS) is 1. The molecule has 0 radical (unpaired) electrons. The van der Waals surface area contributed by atoms with Crippen LogP contribution in [-0.2, 0) is 0 Å². The third-order valence-electron chi connectivity index (χ3n) is 1.64. The van der Waals surface area contributed by atoms with Crippen molar-refractivity contribution >= 4 is 17.9 Å². The Morgan fingerprint density at radius 1 is 1.58 bits per heavy atom. The van der Waals surface area contributed by atoms with Gasteiger partial charge in [0.15, 0.2) is 0 Å². The van der Waals surface area contributed by atoms with Gasteiger partial charge in [-0.1, -0.05) is 11.8 Å². The molecule has 5 nitrogen and oxygen atoms in total. The first-order chi connectivity index (χ1) is 5.49. The average Bonchev–Trinajstić information content (AvgIpc) is 1.82. The fourth-order valence-corrected chi connectivity index (χ4v) is 2.19. The van der Waals surface area contributed by atoms with E-state index in [-0.39, 0.29) is 12.5 Å². The van der Waals surface area contributed by atoms with Crippen LogP contribution in [-0.4, -0.2) is 38.3 Å². The number of hydrogen-bond donors (Lipinski definition) is 4. The lowest BCUT2D eigenvalue weighted by Gasteiger charge is -2.31. The smallest absolute Gasteiger partial charge is 0.404 e. The Bertz CT molecular complexity index is 184. The second-order valence-corrected chi connectivity index (χ2v) is 4.08. The first-order valence-corrected chi connectivity index (χ1v) is 4.56. The molecule has 1 amide bonds. The summed E-state index contributed by atoms with van der Waals surface area (Å²) in [6.07, 6.45) is -0.438. The zero-order valence-electron chi connectivity index (χ0n) is 6.36. The maximum absolute atomic E-state index is 10.2. The van der Waals surface area contributed by atoms with Gasteiger partial charge in [-0.05, 0) is 6.42 Å². The van der Waals surface area contributed by atoms with Crippen LogP contribution in [0.4, 0.5) is 4.79 Å². The lowest BCUT2D eigenvalue weighted by Crippen LogP contribution is -2.44. The van der Waals surface area contributed by atoms with Gasteiger partial charge in [0.25, 0.3) is 0 Å². The van der Waals surface area contributed by atoms with Gasteiger partial charge in [-0.3, -0.25) is 0 Å². The molecule has 1 rings (SSSR count). The van der Waals surface area contributed by atoms with Crippen molar-refractivity contribution in [2.45, 2.75) is 24.0 Å². The lowest BCUT2D eigenvalue weighted by molar-refractivity contribution is -0.0895. The van der Waals surface area contributed by atoms with E-state index in [1.807, 2.05) is 0 Å². The molecular weight excluding hydrogens is 182 g/mol. The number of amides is 1. The van der Waals surface area contributed by atoms with Crippen molar-refractivity contribution in [3.8, 4) is 0 Å². The third-order valence-corrected chi connectivity index (χ3v) is 2.71. The predicted molar refractivity (Wildman–Crippen MR) is 43.8 cm³/mol. The van der Waals surface area contributed by atoms with Gasteiger partial charge >= 0.3 is 6.09 Å². The Balaban J connectivity index is 2.41. The van der Waals surface area contributed by atoms with Gasteiger partial charge in [0.2, 0.25) is 5.12 Å². The van der Waals surface area contributed by atoms with Crippen LogP contribution in [0.2, 0.25) is 0 Å². The summed E-state index contributed by atoms with van der Waals surface area (Å²) >= 11 is 1.03. The Morgan fingerprint density at radius 3 is 2.75 bits per heavy atom. The zero-order chi connectivity index (χ0) is 9.19. The largest absolute Gasteiger partial charge is 0.465 e. The lowest BCUT2D eigenvalue weighted by atomic mass is 10.1. The molecule has 70 valence electrons. The minimum Gasteiger partial charge on any atom is -0.465 e. The summed E-state index contributed by atoms with van der Waals surface area (Å²) in [6, 6.07) is -0.348. The van der Waals surface area contributed by atoms with Crippen molar-refractivity contribution in [1.29, 1.82) is 0 Å². The molecule has 0 saturated carbocycles.